The highest BCUT2D eigenvalue weighted by molar-refractivity contribution is 5.73. The number of esters is 1. The Labute approximate surface area is 196 Å². The van der Waals surface area contributed by atoms with Gasteiger partial charge in [-0.1, -0.05) is 109 Å². The molecule has 0 saturated heterocycles. The van der Waals surface area contributed by atoms with Gasteiger partial charge < -0.3 is 4.74 Å². The Balaban J connectivity index is 0.00000161. The lowest BCUT2D eigenvalue weighted by molar-refractivity contribution is -0.167. The minimum Gasteiger partial charge on any atom is -0.462 e. The van der Waals surface area contributed by atoms with Gasteiger partial charge in [0.25, 0.3) is 0 Å². The van der Waals surface area contributed by atoms with Gasteiger partial charge in [-0.2, -0.15) is 0 Å². The Hall–Kier alpha value is -0.530. The van der Waals surface area contributed by atoms with Gasteiger partial charge in [0, 0.05) is 0 Å². The van der Waals surface area contributed by atoms with E-state index in [-0.39, 0.29) is 28.8 Å². The Morgan fingerprint density at radius 2 is 1.35 bits per heavy atom. The molecule has 0 aromatic heterocycles. The fraction of sp³-hybridized carbons (Fsp3) is 0.966. The molecule has 0 aromatic carbocycles. The van der Waals surface area contributed by atoms with Crippen molar-refractivity contribution in [2.75, 3.05) is 0 Å². The van der Waals surface area contributed by atoms with Crippen LogP contribution >= 0.6 is 0 Å². The van der Waals surface area contributed by atoms with Gasteiger partial charge in [0.05, 0.1) is 5.92 Å². The molecule has 2 heteroatoms. The van der Waals surface area contributed by atoms with Gasteiger partial charge in [0.1, 0.15) is 6.10 Å². The summed E-state index contributed by atoms with van der Waals surface area (Å²) in [4.78, 5) is 13.3. The van der Waals surface area contributed by atoms with E-state index >= 15 is 0 Å². The van der Waals surface area contributed by atoms with E-state index in [9.17, 15) is 4.79 Å². The molecule has 1 aliphatic rings. The molecule has 1 aliphatic carbocycles. The van der Waals surface area contributed by atoms with E-state index in [1.807, 2.05) is 0 Å². The molecule has 0 radical (unpaired) electrons. The molecule has 1 rings (SSSR count). The number of ether oxygens (including phenoxy) is 1. The molecule has 1 fully saturated rings. The van der Waals surface area contributed by atoms with Gasteiger partial charge in [-0.15, -0.1) is 0 Å². The van der Waals surface area contributed by atoms with Crippen molar-refractivity contribution in [3.63, 3.8) is 0 Å². The van der Waals surface area contributed by atoms with Gasteiger partial charge in [0.15, 0.2) is 0 Å². The van der Waals surface area contributed by atoms with Crippen LogP contribution in [-0.4, -0.2) is 12.1 Å². The molecule has 31 heavy (non-hydrogen) atoms. The summed E-state index contributed by atoms with van der Waals surface area (Å²) in [7, 11) is 0. The molecule has 0 N–H and O–H groups in total. The van der Waals surface area contributed by atoms with Crippen LogP contribution in [0.15, 0.2) is 0 Å². The van der Waals surface area contributed by atoms with Crippen molar-refractivity contribution < 1.29 is 9.53 Å². The zero-order chi connectivity index (χ0) is 24.5. The Morgan fingerprint density at radius 1 is 0.871 bits per heavy atom. The number of hydrogen-bond acceptors (Lipinski definition) is 2. The minimum absolute atomic E-state index is 0.0345. The second kappa shape index (κ2) is 13.2. The van der Waals surface area contributed by atoms with E-state index in [0.717, 1.165) is 12.8 Å². The molecule has 0 spiro atoms. The molecule has 0 aromatic rings. The second-order valence-corrected chi connectivity index (χ2v) is 13.9. The lowest BCUT2D eigenvalue weighted by Gasteiger charge is -2.39. The molecule has 0 aliphatic heterocycles. The highest BCUT2D eigenvalue weighted by Crippen LogP contribution is 2.40. The van der Waals surface area contributed by atoms with Crippen molar-refractivity contribution >= 4 is 5.97 Å². The first-order chi connectivity index (χ1) is 14.0. The first-order valence-corrected chi connectivity index (χ1v) is 13.2. The van der Waals surface area contributed by atoms with Crippen LogP contribution in [0.3, 0.4) is 0 Å². The van der Waals surface area contributed by atoms with Crippen molar-refractivity contribution in [3.05, 3.63) is 0 Å². The first-order valence-electron chi connectivity index (χ1n) is 13.2. The maximum absolute atomic E-state index is 13.3. The van der Waals surface area contributed by atoms with E-state index in [1.165, 1.54) is 44.9 Å². The summed E-state index contributed by atoms with van der Waals surface area (Å²) in [6.45, 7) is 26.5. The van der Waals surface area contributed by atoms with Crippen LogP contribution in [0.4, 0.5) is 0 Å². The normalized spacial score (nSPS) is 19.1. The summed E-state index contributed by atoms with van der Waals surface area (Å²) in [5, 5.41) is 0. The number of rotatable bonds is 8. The summed E-state index contributed by atoms with van der Waals surface area (Å²) in [6, 6.07) is 0. The zero-order valence-electron chi connectivity index (χ0n) is 23.5. The van der Waals surface area contributed by atoms with Crippen LogP contribution in [0, 0.1) is 34.0 Å². The summed E-state index contributed by atoms with van der Waals surface area (Å²) in [5.74, 6) is 1.10. The molecule has 0 amide bonds. The largest absolute Gasteiger partial charge is 0.462 e. The molecule has 3 atom stereocenters. The van der Waals surface area contributed by atoms with E-state index < -0.39 is 0 Å². The quantitative estimate of drug-likeness (QED) is 0.353. The second-order valence-electron chi connectivity index (χ2n) is 13.9. The van der Waals surface area contributed by atoms with Gasteiger partial charge in [-0.05, 0) is 60.2 Å². The molecule has 0 bridgehead atoms. The molecular formula is C29H58O2. The summed E-state index contributed by atoms with van der Waals surface area (Å²) in [5.41, 5.74) is 0.568. The van der Waals surface area contributed by atoms with Crippen molar-refractivity contribution in [3.8, 4) is 0 Å². The topological polar surface area (TPSA) is 26.3 Å². The SMILES string of the molecule is CC(C)(C)C.CCCC(CC)C(OC(=O)C(CC(C)(C)C)C(C)(C)C)C1CCCCC1. The first kappa shape index (κ1) is 30.5. The van der Waals surface area contributed by atoms with Crippen LogP contribution < -0.4 is 0 Å². The van der Waals surface area contributed by atoms with Crippen molar-refractivity contribution in [2.45, 2.75) is 147 Å². The standard InChI is InChI=1S/C24H46O2.C5H12/c1-9-14-18(10-2)21(19-15-12-11-13-16-19)26-22(25)20(24(6,7)8)17-23(3,4)5;1-5(2,3)4/h18-21H,9-17H2,1-8H3;1-4H3. The van der Waals surface area contributed by atoms with Crippen molar-refractivity contribution in [1.82, 2.24) is 0 Å². The fourth-order valence-corrected chi connectivity index (χ4v) is 4.58. The third-order valence-electron chi connectivity index (χ3n) is 6.16. The lowest BCUT2D eigenvalue weighted by Crippen LogP contribution is -2.40. The highest BCUT2D eigenvalue weighted by Gasteiger charge is 2.39. The lowest BCUT2D eigenvalue weighted by atomic mass is 9.72. The van der Waals surface area contributed by atoms with Crippen LogP contribution in [0.25, 0.3) is 0 Å². The van der Waals surface area contributed by atoms with Crippen LogP contribution in [0.1, 0.15) is 141 Å². The molecular weight excluding hydrogens is 380 g/mol. The van der Waals surface area contributed by atoms with E-state index in [2.05, 4.69) is 83.1 Å². The smallest absolute Gasteiger partial charge is 0.309 e. The molecule has 0 heterocycles. The molecule has 2 nitrogen and oxygen atoms in total. The average Bonchev–Trinajstić information content (AvgIpc) is 2.60. The monoisotopic (exact) mass is 438 g/mol. The van der Waals surface area contributed by atoms with Gasteiger partial charge >= 0.3 is 5.97 Å². The van der Waals surface area contributed by atoms with Gasteiger partial charge in [0.2, 0.25) is 0 Å². The van der Waals surface area contributed by atoms with Gasteiger partial charge in [-0.3, -0.25) is 4.79 Å². The summed E-state index contributed by atoms with van der Waals surface area (Å²) in [6.07, 6.45) is 10.9. The predicted octanol–water partition coefficient (Wildman–Crippen LogP) is 9.46. The zero-order valence-corrected chi connectivity index (χ0v) is 23.5. The van der Waals surface area contributed by atoms with Crippen LogP contribution in [-0.2, 0) is 9.53 Å². The molecule has 186 valence electrons. The van der Waals surface area contributed by atoms with Crippen molar-refractivity contribution in [2.24, 2.45) is 34.0 Å². The predicted molar refractivity (Wildman–Crippen MR) is 137 cm³/mol. The summed E-state index contributed by atoms with van der Waals surface area (Å²) < 4.78 is 6.39. The third-order valence-corrected chi connectivity index (χ3v) is 6.16. The molecule has 3 unspecified atom stereocenters. The third kappa shape index (κ3) is 14.3. The van der Waals surface area contributed by atoms with Crippen LogP contribution in [0.2, 0.25) is 0 Å². The maximum atomic E-state index is 13.3. The Bertz CT molecular complexity index is 470. The van der Waals surface area contributed by atoms with Crippen molar-refractivity contribution in [1.29, 1.82) is 0 Å². The Kier molecular flexibility index (Phi) is 13.0. The highest BCUT2D eigenvalue weighted by atomic mass is 16.5. The Morgan fingerprint density at radius 3 is 1.71 bits per heavy atom. The number of carbonyl (C=O) groups excluding carboxylic acids is 1. The average molecular weight is 439 g/mol. The number of carbonyl (C=O) groups is 1. The number of hydrogen-bond donors (Lipinski definition) is 0. The van der Waals surface area contributed by atoms with Crippen LogP contribution in [0.5, 0.6) is 0 Å². The van der Waals surface area contributed by atoms with Gasteiger partial charge in [-0.25, -0.2) is 0 Å². The van der Waals surface area contributed by atoms with E-state index in [4.69, 9.17) is 4.74 Å². The van der Waals surface area contributed by atoms with E-state index in [1.54, 1.807) is 0 Å². The maximum Gasteiger partial charge on any atom is 0.309 e. The van der Waals surface area contributed by atoms with E-state index in [0.29, 0.717) is 17.3 Å². The summed E-state index contributed by atoms with van der Waals surface area (Å²) >= 11 is 0. The molecule has 1 saturated carbocycles. The fourth-order valence-electron chi connectivity index (χ4n) is 4.58. The minimum atomic E-state index is -0.0616.